The number of benzene rings is 2. The minimum atomic E-state index is 0.746. The zero-order valence-corrected chi connectivity index (χ0v) is 8.64. The van der Waals surface area contributed by atoms with Crippen molar-refractivity contribution in [2.45, 2.75) is 0 Å². The van der Waals surface area contributed by atoms with Crippen molar-refractivity contribution in [3.8, 4) is 11.1 Å². The molecule has 0 aliphatic rings. The van der Waals surface area contributed by atoms with E-state index in [4.69, 9.17) is 5.73 Å². The molecule has 3 rings (SSSR count). The van der Waals surface area contributed by atoms with Crippen molar-refractivity contribution in [1.29, 1.82) is 0 Å². The van der Waals surface area contributed by atoms with Crippen molar-refractivity contribution in [3.05, 3.63) is 48.7 Å². The van der Waals surface area contributed by atoms with Gasteiger partial charge in [-0.1, -0.05) is 30.3 Å². The second-order valence-electron chi connectivity index (χ2n) is 3.77. The molecule has 0 amide bonds. The quantitative estimate of drug-likeness (QED) is 0.605. The topological polar surface area (TPSA) is 54.7 Å². The Kier molecular flexibility index (Phi) is 1.90. The number of nitrogens with zero attached hydrogens (tertiary/aromatic N) is 1. The van der Waals surface area contributed by atoms with Gasteiger partial charge in [0.25, 0.3) is 0 Å². The molecule has 2 aromatic carbocycles. The molecule has 0 spiro atoms. The molecule has 0 bridgehead atoms. The second kappa shape index (κ2) is 3.38. The van der Waals surface area contributed by atoms with Crippen LogP contribution in [0.3, 0.4) is 0 Å². The molecule has 16 heavy (non-hydrogen) atoms. The van der Waals surface area contributed by atoms with E-state index < -0.39 is 0 Å². The second-order valence-corrected chi connectivity index (χ2v) is 3.77. The third kappa shape index (κ3) is 1.34. The van der Waals surface area contributed by atoms with Crippen LogP contribution in [-0.2, 0) is 0 Å². The Bertz CT molecular complexity index is 626. The van der Waals surface area contributed by atoms with Gasteiger partial charge in [-0.3, -0.25) is 5.10 Å². The number of nitrogens with one attached hydrogen (secondary N) is 1. The van der Waals surface area contributed by atoms with Crippen molar-refractivity contribution >= 4 is 16.6 Å². The van der Waals surface area contributed by atoms with Crippen LogP contribution in [0, 0.1) is 0 Å². The van der Waals surface area contributed by atoms with E-state index in [1.165, 1.54) is 0 Å². The van der Waals surface area contributed by atoms with Gasteiger partial charge in [0.2, 0.25) is 0 Å². The Labute approximate surface area is 92.9 Å². The summed E-state index contributed by atoms with van der Waals surface area (Å²) in [5.41, 5.74) is 9.86. The first-order chi connectivity index (χ1) is 7.84. The van der Waals surface area contributed by atoms with Crippen molar-refractivity contribution in [2.75, 3.05) is 5.73 Å². The number of anilines is 1. The number of rotatable bonds is 1. The van der Waals surface area contributed by atoms with Crippen LogP contribution >= 0.6 is 0 Å². The van der Waals surface area contributed by atoms with Crippen LogP contribution in [0.4, 0.5) is 5.69 Å². The van der Waals surface area contributed by atoms with Gasteiger partial charge in [0.15, 0.2) is 0 Å². The Morgan fingerprint density at radius 3 is 2.69 bits per heavy atom. The first-order valence-corrected chi connectivity index (χ1v) is 5.12. The SMILES string of the molecule is Nc1cc(-c2ccccc2)c2cn[nH]c2c1. The van der Waals surface area contributed by atoms with E-state index in [2.05, 4.69) is 22.3 Å². The Morgan fingerprint density at radius 2 is 1.88 bits per heavy atom. The third-order valence-electron chi connectivity index (χ3n) is 2.67. The van der Waals surface area contributed by atoms with Crippen molar-refractivity contribution in [2.24, 2.45) is 0 Å². The fourth-order valence-corrected chi connectivity index (χ4v) is 1.93. The van der Waals surface area contributed by atoms with E-state index in [-0.39, 0.29) is 0 Å². The molecular formula is C13H11N3. The van der Waals surface area contributed by atoms with Crippen molar-refractivity contribution < 1.29 is 0 Å². The summed E-state index contributed by atoms with van der Waals surface area (Å²) in [4.78, 5) is 0. The van der Waals surface area contributed by atoms with Crippen molar-refractivity contribution in [3.63, 3.8) is 0 Å². The highest BCUT2D eigenvalue weighted by Gasteiger charge is 2.06. The van der Waals surface area contributed by atoms with Crippen LogP contribution in [0.25, 0.3) is 22.0 Å². The zero-order valence-electron chi connectivity index (χ0n) is 8.64. The predicted molar refractivity (Wildman–Crippen MR) is 65.9 cm³/mol. The molecule has 1 aromatic heterocycles. The van der Waals surface area contributed by atoms with Gasteiger partial charge in [-0.05, 0) is 23.3 Å². The standard InChI is InChI=1S/C13H11N3/c14-10-6-11(9-4-2-1-3-5-9)12-8-15-16-13(12)7-10/h1-8H,14H2,(H,15,16). The molecule has 0 saturated carbocycles. The Hall–Kier alpha value is -2.29. The number of aromatic amines is 1. The maximum absolute atomic E-state index is 5.87. The number of fused-ring (bicyclic) bond motifs is 1. The highest BCUT2D eigenvalue weighted by atomic mass is 15.1. The van der Waals surface area contributed by atoms with E-state index in [9.17, 15) is 0 Å². The van der Waals surface area contributed by atoms with Crippen LogP contribution in [-0.4, -0.2) is 10.2 Å². The average Bonchev–Trinajstić information content (AvgIpc) is 2.77. The summed E-state index contributed by atoms with van der Waals surface area (Å²) in [5, 5.41) is 8.09. The van der Waals surface area contributed by atoms with E-state index in [0.29, 0.717) is 0 Å². The van der Waals surface area contributed by atoms with Gasteiger partial charge in [0.1, 0.15) is 0 Å². The fourth-order valence-electron chi connectivity index (χ4n) is 1.93. The molecule has 3 aromatic rings. The number of H-pyrrole nitrogens is 1. The molecule has 3 nitrogen and oxygen atoms in total. The molecule has 0 aliphatic carbocycles. The first kappa shape index (κ1) is 8.97. The number of nitrogen functional groups attached to an aromatic ring is 1. The third-order valence-corrected chi connectivity index (χ3v) is 2.67. The van der Waals surface area contributed by atoms with Crippen LogP contribution in [0.2, 0.25) is 0 Å². The predicted octanol–water partition coefficient (Wildman–Crippen LogP) is 2.81. The lowest BCUT2D eigenvalue weighted by molar-refractivity contribution is 1.12. The molecular weight excluding hydrogens is 198 g/mol. The molecule has 0 fully saturated rings. The number of hydrogen-bond acceptors (Lipinski definition) is 2. The van der Waals surface area contributed by atoms with Gasteiger partial charge in [-0.2, -0.15) is 5.10 Å². The van der Waals surface area contributed by atoms with Gasteiger partial charge >= 0.3 is 0 Å². The van der Waals surface area contributed by atoms with Crippen LogP contribution in [0.1, 0.15) is 0 Å². The summed E-state index contributed by atoms with van der Waals surface area (Å²) >= 11 is 0. The largest absolute Gasteiger partial charge is 0.399 e. The molecule has 3 heteroatoms. The molecule has 78 valence electrons. The van der Waals surface area contributed by atoms with Gasteiger partial charge in [0.05, 0.1) is 11.7 Å². The van der Waals surface area contributed by atoms with Crippen molar-refractivity contribution in [1.82, 2.24) is 10.2 Å². The van der Waals surface area contributed by atoms with Crippen LogP contribution in [0.15, 0.2) is 48.7 Å². The minimum absolute atomic E-state index is 0.746. The summed E-state index contributed by atoms with van der Waals surface area (Å²) < 4.78 is 0. The Balaban J connectivity index is 2.34. The summed E-state index contributed by atoms with van der Waals surface area (Å²) in [6.45, 7) is 0. The van der Waals surface area contributed by atoms with Crippen LogP contribution < -0.4 is 5.73 Å². The summed E-state index contributed by atoms with van der Waals surface area (Å²) in [6.07, 6.45) is 1.83. The maximum atomic E-state index is 5.87. The Morgan fingerprint density at radius 1 is 1.06 bits per heavy atom. The van der Waals surface area contributed by atoms with Crippen LogP contribution in [0.5, 0.6) is 0 Å². The minimum Gasteiger partial charge on any atom is -0.399 e. The lowest BCUT2D eigenvalue weighted by Crippen LogP contribution is -1.87. The molecule has 1 heterocycles. The summed E-state index contributed by atoms with van der Waals surface area (Å²) in [6, 6.07) is 14.1. The van der Waals surface area contributed by atoms with Gasteiger partial charge < -0.3 is 5.73 Å². The first-order valence-electron chi connectivity index (χ1n) is 5.12. The molecule has 0 atom stereocenters. The van der Waals surface area contributed by atoms with Gasteiger partial charge in [-0.25, -0.2) is 0 Å². The zero-order chi connectivity index (χ0) is 11.0. The van der Waals surface area contributed by atoms with Gasteiger partial charge in [-0.15, -0.1) is 0 Å². The van der Waals surface area contributed by atoms with Gasteiger partial charge in [0, 0.05) is 11.1 Å². The van der Waals surface area contributed by atoms with E-state index >= 15 is 0 Å². The molecule has 0 unspecified atom stereocenters. The molecule has 0 radical (unpaired) electrons. The maximum Gasteiger partial charge on any atom is 0.0677 e. The summed E-state index contributed by atoms with van der Waals surface area (Å²) in [7, 11) is 0. The fraction of sp³-hybridized carbons (Fsp3) is 0. The highest BCUT2D eigenvalue weighted by Crippen LogP contribution is 2.29. The number of nitrogens with two attached hydrogens (primary N) is 1. The monoisotopic (exact) mass is 209 g/mol. The smallest absolute Gasteiger partial charge is 0.0677 e. The van der Waals surface area contributed by atoms with E-state index in [0.717, 1.165) is 27.7 Å². The molecule has 3 N–H and O–H groups in total. The lowest BCUT2D eigenvalue weighted by atomic mass is 10.0. The molecule has 0 saturated heterocycles. The van der Waals surface area contributed by atoms with E-state index in [1.807, 2.05) is 36.5 Å². The molecule has 0 aliphatic heterocycles. The number of aromatic nitrogens is 2. The van der Waals surface area contributed by atoms with E-state index in [1.54, 1.807) is 0 Å². The normalized spacial score (nSPS) is 10.8. The average molecular weight is 209 g/mol. The highest BCUT2D eigenvalue weighted by molar-refractivity contribution is 5.96. The summed E-state index contributed by atoms with van der Waals surface area (Å²) in [5.74, 6) is 0. The lowest BCUT2D eigenvalue weighted by Gasteiger charge is -2.04. The number of hydrogen-bond donors (Lipinski definition) is 2.